The molecule has 0 fully saturated rings. The largest absolute Gasteiger partial charge is 0.481 e. The highest BCUT2D eigenvalue weighted by atomic mass is 32.2. The van der Waals surface area contributed by atoms with Gasteiger partial charge in [-0.1, -0.05) is 13.8 Å². The van der Waals surface area contributed by atoms with E-state index in [4.69, 9.17) is 10.8 Å². The predicted molar refractivity (Wildman–Crippen MR) is 85.5 cm³/mol. The van der Waals surface area contributed by atoms with Gasteiger partial charge in [-0.05, 0) is 24.1 Å². The van der Waals surface area contributed by atoms with Crippen LogP contribution in [0, 0.1) is 5.92 Å². The average Bonchev–Trinajstić information content (AvgIpc) is 2.38. The molecule has 21 heavy (non-hydrogen) atoms. The number of nitrogens with zero attached hydrogens (tertiary/aromatic N) is 2. The van der Waals surface area contributed by atoms with Crippen LogP contribution in [0.1, 0.15) is 26.1 Å². The van der Waals surface area contributed by atoms with Gasteiger partial charge in [0.2, 0.25) is 0 Å². The van der Waals surface area contributed by atoms with E-state index in [-0.39, 0.29) is 6.42 Å². The van der Waals surface area contributed by atoms with Crippen molar-refractivity contribution in [1.82, 2.24) is 9.97 Å². The molecule has 6 heteroatoms. The maximum Gasteiger partial charge on any atom is 0.304 e. The second-order valence-corrected chi connectivity index (χ2v) is 6.40. The number of thioether (sulfide) groups is 1. The fourth-order valence-electron chi connectivity index (χ4n) is 1.97. The molecule has 0 aliphatic carbocycles. The SMILES string of the molecule is CC(C)Cc1nc(SCCC(=O)O)c2cc(N)ccc2n1. The first kappa shape index (κ1) is 15.6. The van der Waals surface area contributed by atoms with Crippen LogP contribution in [0.4, 0.5) is 5.69 Å². The minimum absolute atomic E-state index is 0.109. The second kappa shape index (κ2) is 6.76. The van der Waals surface area contributed by atoms with Crippen molar-refractivity contribution in [3.63, 3.8) is 0 Å². The van der Waals surface area contributed by atoms with Crippen molar-refractivity contribution >= 4 is 34.3 Å². The van der Waals surface area contributed by atoms with E-state index in [9.17, 15) is 4.79 Å². The second-order valence-electron chi connectivity index (χ2n) is 5.31. The number of rotatable bonds is 6. The van der Waals surface area contributed by atoms with E-state index in [0.717, 1.165) is 28.2 Å². The molecule has 0 aliphatic heterocycles. The number of carboxylic acids is 1. The Balaban J connectivity index is 2.37. The summed E-state index contributed by atoms with van der Waals surface area (Å²) in [6.07, 6.45) is 0.908. The highest BCUT2D eigenvalue weighted by Crippen LogP contribution is 2.28. The van der Waals surface area contributed by atoms with Crippen LogP contribution in [0.5, 0.6) is 0 Å². The van der Waals surface area contributed by atoms with Gasteiger partial charge >= 0.3 is 5.97 Å². The van der Waals surface area contributed by atoms with Crippen LogP contribution < -0.4 is 5.73 Å². The van der Waals surface area contributed by atoms with Gasteiger partial charge in [-0.2, -0.15) is 0 Å². The van der Waals surface area contributed by atoms with Crippen molar-refractivity contribution in [1.29, 1.82) is 0 Å². The molecule has 2 rings (SSSR count). The molecule has 3 N–H and O–H groups in total. The van der Waals surface area contributed by atoms with E-state index in [2.05, 4.69) is 23.8 Å². The van der Waals surface area contributed by atoms with Crippen molar-refractivity contribution in [2.45, 2.75) is 31.7 Å². The van der Waals surface area contributed by atoms with Gasteiger partial charge in [0.15, 0.2) is 0 Å². The molecule has 0 amide bonds. The van der Waals surface area contributed by atoms with Crippen LogP contribution in [0.3, 0.4) is 0 Å². The quantitative estimate of drug-likeness (QED) is 0.484. The van der Waals surface area contributed by atoms with Gasteiger partial charge in [-0.15, -0.1) is 11.8 Å². The summed E-state index contributed by atoms with van der Waals surface area (Å²) in [4.78, 5) is 19.8. The fourth-order valence-corrected chi connectivity index (χ4v) is 2.92. The van der Waals surface area contributed by atoms with Gasteiger partial charge in [0.25, 0.3) is 0 Å². The maximum absolute atomic E-state index is 10.7. The molecule has 0 radical (unpaired) electrons. The smallest absolute Gasteiger partial charge is 0.304 e. The first-order valence-corrected chi connectivity index (χ1v) is 7.85. The van der Waals surface area contributed by atoms with E-state index < -0.39 is 5.97 Å². The lowest BCUT2D eigenvalue weighted by molar-refractivity contribution is -0.136. The summed E-state index contributed by atoms with van der Waals surface area (Å²) in [6.45, 7) is 4.24. The summed E-state index contributed by atoms with van der Waals surface area (Å²) in [5, 5.41) is 10.5. The summed E-state index contributed by atoms with van der Waals surface area (Å²) in [5.74, 6) is 0.938. The Morgan fingerprint density at radius 1 is 1.38 bits per heavy atom. The van der Waals surface area contributed by atoms with Gasteiger partial charge in [0.05, 0.1) is 11.9 Å². The van der Waals surface area contributed by atoms with E-state index in [1.807, 2.05) is 18.2 Å². The fraction of sp³-hybridized carbons (Fsp3) is 0.400. The summed E-state index contributed by atoms with van der Waals surface area (Å²) in [7, 11) is 0. The molecular formula is C15H19N3O2S. The Labute approximate surface area is 128 Å². The van der Waals surface area contributed by atoms with Crippen LogP contribution in [0.15, 0.2) is 23.2 Å². The standard InChI is InChI=1S/C15H19N3O2S/c1-9(2)7-13-17-12-4-3-10(16)8-11(12)15(18-13)21-6-5-14(19)20/h3-4,8-9H,5-7,16H2,1-2H3,(H,19,20). The molecule has 0 saturated heterocycles. The average molecular weight is 305 g/mol. The van der Waals surface area contributed by atoms with Crippen LogP contribution in [-0.4, -0.2) is 26.8 Å². The number of nitrogen functional groups attached to an aromatic ring is 1. The Kier molecular flexibility index (Phi) is 5.01. The molecule has 0 spiro atoms. The molecule has 2 aromatic rings. The Bertz CT molecular complexity index is 659. The zero-order valence-corrected chi connectivity index (χ0v) is 13.0. The summed E-state index contributed by atoms with van der Waals surface area (Å²) in [5.41, 5.74) is 7.34. The summed E-state index contributed by atoms with van der Waals surface area (Å²) >= 11 is 1.44. The molecule has 0 atom stereocenters. The lowest BCUT2D eigenvalue weighted by atomic mass is 10.1. The Morgan fingerprint density at radius 2 is 2.14 bits per heavy atom. The normalized spacial score (nSPS) is 11.2. The zero-order chi connectivity index (χ0) is 15.4. The van der Waals surface area contributed by atoms with Crippen molar-refractivity contribution < 1.29 is 9.90 Å². The molecule has 5 nitrogen and oxygen atoms in total. The number of nitrogens with two attached hydrogens (primary N) is 1. The van der Waals surface area contributed by atoms with Crippen LogP contribution in [0.25, 0.3) is 10.9 Å². The molecule has 0 bridgehead atoms. The molecule has 1 aromatic heterocycles. The minimum Gasteiger partial charge on any atom is -0.481 e. The molecule has 0 aliphatic rings. The van der Waals surface area contributed by atoms with Crippen molar-refractivity contribution in [2.75, 3.05) is 11.5 Å². The van der Waals surface area contributed by atoms with Gasteiger partial charge in [0.1, 0.15) is 10.9 Å². The lowest BCUT2D eigenvalue weighted by Crippen LogP contribution is -2.03. The predicted octanol–water partition coefficient (Wildman–Crippen LogP) is 2.98. The molecular weight excluding hydrogens is 286 g/mol. The molecule has 1 aromatic carbocycles. The zero-order valence-electron chi connectivity index (χ0n) is 12.2. The summed E-state index contributed by atoms with van der Waals surface area (Å²) in [6, 6.07) is 5.55. The maximum atomic E-state index is 10.7. The monoisotopic (exact) mass is 305 g/mol. The molecule has 0 saturated carbocycles. The van der Waals surface area contributed by atoms with Crippen LogP contribution in [-0.2, 0) is 11.2 Å². The number of anilines is 1. The third kappa shape index (κ3) is 4.32. The van der Waals surface area contributed by atoms with E-state index in [1.165, 1.54) is 11.8 Å². The van der Waals surface area contributed by atoms with E-state index >= 15 is 0 Å². The lowest BCUT2D eigenvalue weighted by Gasteiger charge is -2.10. The number of hydrogen-bond donors (Lipinski definition) is 2. The number of aliphatic carboxylic acids is 1. The first-order chi connectivity index (χ1) is 9.95. The van der Waals surface area contributed by atoms with E-state index in [1.54, 1.807) is 0 Å². The van der Waals surface area contributed by atoms with Crippen molar-refractivity contribution in [3.8, 4) is 0 Å². The first-order valence-electron chi connectivity index (χ1n) is 6.86. The van der Waals surface area contributed by atoms with Gasteiger partial charge in [0, 0.05) is 23.2 Å². The summed E-state index contributed by atoms with van der Waals surface area (Å²) < 4.78 is 0. The Hall–Kier alpha value is -1.82. The third-order valence-corrected chi connectivity index (χ3v) is 3.87. The number of carbonyl (C=O) groups is 1. The number of aromatic nitrogens is 2. The van der Waals surface area contributed by atoms with Crippen molar-refractivity contribution in [2.24, 2.45) is 5.92 Å². The van der Waals surface area contributed by atoms with Crippen LogP contribution >= 0.6 is 11.8 Å². The molecule has 112 valence electrons. The number of benzene rings is 1. The van der Waals surface area contributed by atoms with Gasteiger partial charge in [-0.25, -0.2) is 9.97 Å². The highest BCUT2D eigenvalue weighted by Gasteiger charge is 2.11. The molecule has 0 unspecified atom stereocenters. The molecule has 1 heterocycles. The van der Waals surface area contributed by atoms with Crippen LogP contribution in [0.2, 0.25) is 0 Å². The van der Waals surface area contributed by atoms with Crippen molar-refractivity contribution in [3.05, 3.63) is 24.0 Å². The van der Waals surface area contributed by atoms with Gasteiger partial charge in [-0.3, -0.25) is 4.79 Å². The topological polar surface area (TPSA) is 89.1 Å². The van der Waals surface area contributed by atoms with E-state index in [0.29, 0.717) is 17.4 Å². The number of fused-ring (bicyclic) bond motifs is 1. The number of hydrogen-bond acceptors (Lipinski definition) is 5. The third-order valence-electron chi connectivity index (χ3n) is 2.88. The minimum atomic E-state index is -0.803. The number of carboxylic acid groups (broad SMARTS) is 1. The van der Waals surface area contributed by atoms with Gasteiger partial charge < -0.3 is 10.8 Å². The Morgan fingerprint density at radius 3 is 2.81 bits per heavy atom. The highest BCUT2D eigenvalue weighted by molar-refractivity contribution is 7.99.